The van der Waals surface area contributed by atoms with Crippen LogP contribution in [-0.2, 0) is 11.3 Å². The van der Waals surface area contributed by atoms with Gasteiger partial charge in [0, 0.05) is 32.0 Å². The number of carbonyl (C=O) groups excluding carboxylic acids is 1. The Kier molecular flexibility index (Phi) is 4.37. The fourth-order valence-electron chi connectivity index (χ4n) is 3.24. The Morgan fingerprint density at radius 3 is 3.08 bits per heavy atom. The lowest BCUT2D eigenvalue weighted by atomic mass is 9.97. The molecule has 0 unspecified atom stereocenters. The lowest BCUT2D eigenvalue weighted by Gasteiger charge is -2.32. The molecule has 0 aliphatic carbocycles. The molecule has 0 saturated carbocycles. The molecule has 3 heterocycles. The van der Waals surface area contributed by atoms with Crippen LogP contribution in [0.4, 0.5) is 5.82 Å². The Balaban J connectivity index is 1.34. The number of fused-ring (bicyclic) bond motifs is 1. The summed E-state index contributed by atoms with van der Waals surface area (Å²) in [6.45, 7) is 2.32. The van der Waals surface area contributed by atoms with E-state index in [4.69, 9.17) is 9.47 Å². The normalized spacial score (nSPS) is 18.9. The van der Waals surface area contributed by atoms with Gasteiger partial charge in [0.15, 0.2) is 11.5 Å². The van der Waals surface area contributed by atoms with Crippen molar-refractivity contribution < 1.29 is 14.3 Å². The topological polar surface area (TPSA) is 76.6 Å². The van der Waals surface area contributed by atoms with Crippen molar-refractivity contribution in [2.75, 3.05) is 24.8 Å². The number of carbonyl (C=O) groups is 1. The number of benzene rings is 1. The molecule has 7 heteroatoms. The standard InChI is InChI=1S/C18H20N4O3/c23-18(21-9-13-3-4-15-16(8-13)25-12-24-15)14-2-1-7-22(11-14)17-10-19-5-6-20-17/h3-6,8,10,14H,1-2,7,9,11-12H2,(H,21,23)/t14-/m0/s1. The molecule has 7 nitrogen and oxygen atoms in total. The minimum atomic E-state index is -0.0373. The summed E-state index contributed by atoms with van der Waals surface area (Å²) in [7, 11) is 0. The molecule has 1 atom stereocenters. The maximum Gasteiger partial charge on any atom is 0.231 e. The maximum absolute atomic E-state index is 12.6. The first-order valence-electron chi connectivity index (χ1n) is 8.47. The smallest absolute Gasteiger partial charge is 0.231 e. The molecule has 0 spiro atoms. The van der Waals surface area contributed by atoms with E-state index in [0.29, 0.717) is 13.1 Å². The van der Waals surface area contributed by atoms with E-state index in [9.17, 15) is 4.79 Å². The highest BCUT2D eigenvalue weighted by Crippen LogP contribution is 2.32. The molecule has 1 fully saturated rings. The fraction of sp³-hybridized carbons (Fsp3) is 0.389. The molecule has 1 amide bonds. The van der Waals surface area contributed by atoms with Crippen molar-refractivity contribution in [1.29, 1.82) is 0 Å². The first-order valence-corrected chi connectivity index (χ1v) is 8.47. The predicted octanol–water partition coefficient (Wildman–Crippen LogP) is 1.74. The minimum Gasteiger partial charge on any atom is -0.454 e. The third-order valence-electron chi connectivity index (χ3n) is 4.57. The van der Waals surface area contributed by atoms with Crippen LogP contribution in [0.25, 0.3) is 0 Å². The van der Waals surface area contributed by atoms with Crippen LogP contribution in [0.1, 0.15) is 18.4 Å². The van der Waals surface area contributed by atoms with Gasteiger partial charge in [-0.3, -0.25) is 9.78 Å². The van der Waals surface area contributed by atoms with E-state index in [0.717, 1.165) is 42.3 Å². The number of piperidine rings is 1. The van der Waals surface area contributed by atoms with E-state index in [1.807, 2.05) is 18.2 Å². The van der Waals surface area contributed by atoms with Gasteiger partial charge in [-0.2, -0.15) is 0 Å². The van der Waals surface area contributed by atoms with E-state index >= 15 is 0 Å². The third-order valence-corrected chi connectivity index (χ3v) is 4.57. The average molecular weight is 340 g/mol. The van der Waals surface area contributed by atoms with Crippen molar-refractivity contribution in [3.05, 3.63) is 42.4 Å². The number of amides is 1. The molecule has 25 heavy (non-hydrogen) atoms. The number of rotatable bonds is 4. The fourth-order valence-corrected chi connectivity index (χ4v) is 3.24. The van der Waals surface area contributed by atoms with Crippen molar-refractivity contribution in [3.63, 3.8) is 0 Å². The molecular weight excluding hydrogens is 320 g/mol. The number of nitrogens with zero attached hydrogens (tertiary/aromatic N) is 3. The zero-order valence-electron chi connectivity index (χ0n) is 13.9. The monoisotopic (exact) mass is 340 g/mol. The zero-order valence-corrected chi connectivity index (χ0v) is 13.9. The Bertz CT molecular complexity index is 753. The van der Waals surface area contributed by atoms with Crippen LogP contribution in [0.15, 0.2) is 36.8 Å². The number of ether oxygens (including phenoxy) is 2. The molecule has 0 radical (unpaired) electrons. The lowest BCUT2D eigenvalue weighted by Crippen LogP contribution is -2.43. The van der Waals surface area contributed by atoms with Gasteiger partial charge in [-0.05, 0) is 30.5 Å². The van der Waals surface area contributed by atoms with Crippen LogP contribution in [0.5, 0.6) is 11.5 Å². The van der Waals surface area contributed by atoms with Gasteiger partial charge in [0.05, 0.1) is 12.1 Å². The summed E-state index contributed by atoms with van der Waals surface area (Å²) >= 11 is 0. The summed E-state index contributed by atoms with van der Waals surface area (Å²) in [5.41, 5.74) is 0.999. The van der Waals surface area contributed by atoms with E-state index in [2.05, 4.69) is 20.2 Å². The molecule has 2 aromatic rings. The second kappa shape index (κ2) is 6.96. The van der Waals surface area contributed by atoms with Gasteiger partial charge in [-0.15, -0.1) is 0 Å². The zero-order chi connectivity index (χ0) is 17.1. The van der Waals surface area contributed by atoms with Gasteiger partial charge in [0.1, 0.15) is 5.82 Å². The van der Waals surface area contributed by atoms with E-state index in [1.54, 1.807) is 18.6 Å². The SMILES string of the molecule is O=C(NCc1ccc2c(c1)OCO2)[C@H]1CCCN(c2cnccn2)C1. The largest absolute Gasteiger partial charge is 0.454 e. The number of hydrogen-bond donors (Lipinski definition) is 1. The Morgan fingerprint density at radius 2 is 2.20 bits per heavy atom. The predicted molar refractivity (Wildman–Crippen MR) is 91.4 cm³/mol. The first-order chi connectivity index (χ1) is 12.3. The van der Waals surface area contributed by atoms with Crippen molar-refractivity contribution in [1.82, 2.24) is 15.3 Å². The lowest BCUT2D eigenvalue weighted by molar-refractivity contribution is -0.125. The third kappa shape index (κ3) is 3.50. The molecule has 0 bridgehead atoms. The summed E-state index contributed by atoms with van der Waals surface area (Å²) < 4.78 is 10.7. The maximum atomic E-state index is 12.6. The van der Waals surface area contributed by atoms with Gasteiger partial charge in [-0.25, -0.2) is 4.98 Å². The van der Waals surface area contributed by atoms with Crippen LogP contribution in [0.2, 0.25) is 0 Å². The van der Waals surface area contributed by atoms with Crippen molar-refractivity contribution >= 4 is 11.7 Å². The quantitative estimate of drug-likeness (QED) is 0.914. The van der Waals surface area contributed by atoms with Gasteiger partial charge < -0.3 is 19.7 Å². The first kappa shape index (κ1) is 15.7. The summed E-state index contributed by atoms with van der Waals surface area (Å²) in [5.74, 6) is 2.35. The van der Waals surface area contributed by atoms with Gasteiger partial charge >= 0.3 is 0 Å². The molecule has 1 saturated heterocycles. The highest BCUT2D eigenvalue weighted by atomic mass is 16.7. The number of nitrogens with one attached hydrogen (secondary N) is 1. The van der Waals surface area contributed by atoms with E-state index in [1.165, 1.54) is 0 Å². The van der Waals surface area contributed by atoms with E-state index in [-0.39, 0.29) is 18.6 Å². The molecule has 1 N–H and O–H groups in total. The average Bonchev–Trinajstić information content (AvgIpc) is 3.15. The van der Waals surface area contributed by atoms with Crippen LogP contribution in [0, 0.1) is 5.92 Å². The second-order valence-corrected chi connectivity index (χ2v) is 6.25. The second-order valence-electron chi connectivity index (χ2n) is 6.25. The van der Waals surface area contributed by atoms with Gasteiger partial charge in [-0.1, -0.05) is 6.07 Å². The molecular formula is C18H20N4O3. The molecule has 1 aromatic heterocycles. The van der Waals surface area contributed by atoms with E-state index < -0.39 is 0 Å². The highest BCUT2D eigenvalue weighted by molar-refractivity contribution is 5.79. The number of hydrogen-bond acceptors (Lipinski definition) is 6. The highest BCUT2D eigenvalue weighted by Gasteiger charge is 2.26. The molecule has 2 aliphatic heterocycles. The molecule has 2 aliphatic rings. The molecule has 4 rings (SSSR count). The van der Waals surface area contributed by atoms with Crippen molar-refractivity contribution in [2.24, 2.45) is 5.92 Å². The van der Waals surface area contributed by atoms with Gasteiger partial charge in [0.25, 0.3) is 0 Å². The Hall–Kier alpha value is -2.83. The van der Waals surface area contributed by atoms with Crippen molar-refractivity contribution in [2.45, 2.75) is 19.4 Å². The molecule has 130 valence electrons. The summed E-state index contributed by atoms with van der Waals surface area (Å²) in [5, 5.41) is 3.03. The summed E-state index contributed by atoms with van der Waals surface area (Å²) in [6, 6.07) is 5.73. The summed E-state index contributed by atoms with van der Waals surface area (Å²) in [6.07, 6.45) is 6.94. The van der Waals surface area contributed by atoms with Crippen LogP contribution >= 0.6 is 0 Å². The van der Waals surface area contributed by atoms with Gasteiger partial charge in [0.2, 0.25) is 12.7 Å². The molecule has 1 aromatic carbocycles. The van der Waals surface area contributed by atoms with Crippen LogP contribution < -0.4 is 19.7 Å². The Labute approximate surface area is 146 Å². The van der Waals surface area contributed by atoms with Crippen LogP contribution in [-0.4, -0.2) is 35.8 Å². The van der Waals surface area contributed by atoms with Crippen LogP contribution in [0.3, 0.4) is 0 Å². The Morgan fingerprint density at radius 1 is 1.28 bits per heavy atom. The number of aromatic nitrogens is 2. The van der Waals surface area contributed by atoms with Crippen molar-refractivity contribution in [3.8, 4) is 11.5 Å². The summed E-state index contributed by atoms with van der Waals surface area (Å²) in [4.78, 5) is 23.1. The minimum absolute atomic E-state index is 0.0373. The number of anilines is 1.